The molecule has 3 nitrogen and oxygen atoms in total. The first kappa shape index (κ1) is 15.6. The third-order valence-electron chi connectivity index (χ3n) is 4.70. The number of hydrogen-bond acceptors (Lipinski definition) is 2. The summed E-state index contributed by atoms with van der Waals surface area (Å²) < 4.78 is 27.6. The van der Waals surface area contributed by atoms with E-state index < -0.39 is 10.0 Å². The molecule has 2 unspecified atom stereocenters. The molecule has 0 spiro atoms. The number of benzene rings is 1. The fourth-order valence-electron chi connectivity index (χ4n) is 3.62. The van der Waals surface area contributed by atoms with Gasteiger partial charge in [0, 0.05) is 18.5 Å². The Kier molecular flexibility index (Phi) is 4.51. The molecule has 3 rings (SSSR count). The van der Waals surface area contributed by atoms with E-state index in [-0.39, 0.29) is 21.8 Å². The first-order valence-corrected chi connectivity index (χ1v) is 9.75. The highest BCUT2D eigenvalue weighted by Crippen LogP contribution is 2.40. The van der Waals surface area contributed by atoms with Gasteiger partial charge in [0.05, 0.1) is 5.02 Å². The van der Waals surface area contributed by atoms with Crippen LogP contribution in [0.1, 0.15) is 37.7 Å². The Balaban J connectivity index is 1.97. The second-order valence-electron chi connectivity index (χ2n) is 5.91. The number of rotatable bonds is 3. The van der Waals surface area contributed by atoms with Gasteiger partial charge in [-0.05, 0) is 42.9 Å². The van der Waals surface area contributed by atoms with E-state index in [1.54, 1.807) is 22.5 Å². The average molecular weight is 348 g/mol. The maximum Gasteiger partial charge on any atom is 0.244 e. The van der Waals surface area contributed by atoms with Crippen molar-refractivity contribution in [2.45, 2.75) is 48.9 Å². The number of nitrogens with zero attached hydrogens (tertiary/aromatic N) is 1. The molecule has 0 radical (unpaired) electrons. The van der Waals surface area contributed by atoms with Crippen molar-refractivity contribution in [1.29, 1.82) is 0 Å². The summed E-state index contributed by atoms with van der Waals surface area (Å²) in [5, 5.41) is 0.281. The zero-order valence-corrected chi connectivity index (χ0v) is 14.1. The van der Waals surface area contributed by atoms with E-state index in [1.807, 2.05) is 0 Å². The van der Waals surface area contributed by atoms with E-state index >= 15 is 0 Å². The van der Waals surface area contributed by atoms with Gasteiger partial charge in [-0.15, -0.1) is 11.6 Å². The summed E-state index contributed by atoms with van der Waals surface area (Å²) >= 11 is 12.0. The van der Waals surface area contributed by atoms with Crippen LogP contribution in [0.3, 0.4) is 0 Å². The smallest absolute Gasteiger partial charge is 0.207 e. The standard InChI is InChI=1S/C15H19Cl2NO2S/c16-10-11-5-6-13(17)15(9-11)21(19,20)18-8-7-12-3-1-2-4-14(12)18/h5-6,9,12,14H,1-4,7-8,10H2. The van der Waals surface area contributed by atoms with E-state index in [0.29, 0.717) is 12.5 Å². The molecule has 6 heteroatoms. The summed E-state index contributed by atoms with van der Waals surface area (Å²) in [5.74, 6) is 0.801. The largest absolute Gasteiger partial charge is 0.244 e. The Morgan fingerprint density at radius 1 is 1.19 bits per heavy atom. The summed E-state index contributed by atoms with van der Waals surface area (Å²) in [7, 11) is -3.53. The number of alkyl halides is 1. The molecule has 2 fully saturated rings. The summed E-state index contributed by atoms with van der Waals surface area (Å²) in [5.41, 5.74) is 0.777. The van der Waals surface area contributed by atoms with Crippen LogP contribution in [-0.4, -0.2) is 25.3 Å². The molecule has 1 aromatic carbocycles. The lowest BCUT2D eigenvalue weighted by Crippen LogP contribution is -2.39. The lowest BCUT2D eigenvalue weighted by molar-refractivity contribution is 0.260. The van der Waals surface area contributed by atoms with Crippen molar-refractivity contribution in [3.63, 3.8) is 0 Å². The van der Waals surface area contributed by atoms with Crippen molar-refractivity contribution in [2.24, 2.45) is 5.92 Å². The van der Waals surface area contributed by atoms with Gasteiger partial charge in [-0.3, -0.25) is 0 Å². The first-order valence-electron chi connectivity index (χ1n) is 7.40. The molecule has 1 heterocycles. The van der Waals surface area contributed by atoms with Crippen LogP contribution >= 0.6 is 23.2 Å². The predicted molar refractivity (Wildman–Crippen MR) is 85.3 cm³/mol. The molecule has 2 atom stereocenters. The Morgan fingerprint density at radius 3 is 2.71 bits per heavy atom. The summed E-state index contributed by atoms with van der Waals surface area (Å²) in [6.45, 7) is 0.610. The van der Waals surface area contributed by atoms with Crippen molar-refractivity contribution in [3.8, 4) is 0 Å². The minimum atomic E-state index is -3.53. The minimum absolute atomic E-state index is 0.152. The highest BCUT2D eigenvalue weighted by atomic mass is 35.5. The van der Waals surface area contributed by atoms with Crippen molar-refractivity contribution >= 4 is 33.2 Å². The second kappa shape index (κ2) is 6.07. The second-order valence-corrected chi connectivity index (χ2v) is 8.45. The van der Waals surface area contributed by atoms with E-state index in [1.165, 1.54) is 6.42 Å². The maximum absolute atomic E-state index is 13.0. The van der Waals surface area contributed by atoms with Gasteiger partial charge < -0.3 is 0 Å². The van der Waals surface area contributed by atoms with Gasteiger partial charge >= 0.3 is 0 Å². The topological polar surface area (TPSA) is 37.4 Å². The molecule has 21 heavy (non-hydrogen) atoms. The monoisotopic (exact) mass is 347 g/mol. The van der Waals surface area contributed by atoms with E-state index in [9.17, 15) is 8.42 Å². The molecule has 0 aromatic heterocycles. The fourth-order valence-corrected chi connectivity index (χ4v) is 6.04. The maximum atomic E-state index is 13.0. The first-order chi connectivity index (χ1) is 10.0. The normalized spacial score (nSPS) is 26.8. The summed E-state index contributed by atoms with van der Waals surface area (Å²) in [4.78, 5) is 0.202. The molecule has 1 aromatic rings. The lowest BCUT2D eigenvalue weighted by Gasteiger charge is -2.31. The SMILES string of the molecule is O=S(=O)(c1cc(CCl)ccc1Cl)N1CCC2CCCCC21. The quantitative estimate of drug-likeness (QED) is 0.774. The Bertz CT molecular complexity index is 633. The van der Waals surface area contributed by atoms with Crippen LogP contribution in [0.25, 0.3) is 0 Å². The molecule has 1 saturated carbocycles. The van der Waals surface area contributed by atoms with Gasteiger partial charge in [-0.25, -0.2) is 8.42 Å². The highest BCUT2D eigenvalue weighted by molar-refractivity contribution is 7.89. The molecular formula is C15H19Cl2NO2S. The van der Waals surface area contributed by atoms with Gasteiger partial charge in [0.25, 0.3) is 0 Å². The Morgan fingerprint density at radius 2 is 1.95 bits per heavy atom. The molecule has 0 bridgehead atoms. The zero-order chi connectivity index (χ0) is 15.0. The van der Waals surface area contributed by atoms with E-state index in [0.717, 1.165) is 31.2 Å². The van der Waals surface area contributed by atoms with Gasteiger partial charge in [0.15, 0.2) is 0 Å². The molecule has 1 saturated heterocycles. The third kappa shape index (κ3) is 2.83. The number of hydrogen-bond donors (Lipinski definition) is 0. The summed E-state index contributed by atoms with van der Waals surface area (Å²) in [6.07, 6.45) is 5.42. The average Bonchev–Trinajstić information content (AvgIpc) is 2.92. The van der Waals surface area contributed by atoms with E-state index in [4.69, 9.17) is 23.2 Å². The summed E-state index contributed by atoms with van der Waals surface area (Å²) in [6, 6.07) is 5.16. The van der Waals surface area contributed by atoms with Crippen LogP contribution in [0.15, 0.2) is 23.1 Å². The van der Waals surface area contributed by atoms with Crippen LogP contribution in [0.2, 0.25) is 5.02 Å². The molecule has 2 aliphatic rings. The van der Waals surface area contributed by atoms with Crippen LogP contribution in [0, 0.1) is 5.92 Å². The van der Waals surface area contributed by atoms with Crippen molar-refractivity contribution in [3.05, 3.63) is 28.8 Å². The predicted octanol–water partition coefficient (Wildman–Crippen LogP) is 4.03. The third-order valence-corrected chi connectivity index (χ3v) is 7.41. The Labute approximate surface area is 136 Å². The van der Waals surface area contributed by atoms with Crippen molar-refractivity contribution < 1.29 is 8.42 Å². The molecule has 116 valence electrons. The molecule has 1 aliphatic heterocycles. The minimum Gasteiger partial charge on any atom is -0.207 e. The molecule has 0 amide bonds. The van der Waals surface area contributed by atoms with Crippen LogP contribution in [-0.2, 0) is 15.9 Å². The van der Waals surface area contributed by atoms with Crippen LogP contribution < -0.4 is 0 Å². The van der Waals surface area contributed by atoms with Crippen molar-refractivity contribution in [1.82, 2.24) is 4.31 Å². The van der Waals surface area contributed by atoms with Gasteiger partial charge in [0.2, 0.25) is 10.0 Å². The van der Waals surface area contributed by atoms with Crippen LogP contribution in [0.5, 0.6) is 0 Å². The van der Waals surface area contributed by atoms with Crippen LogP contribution in [0.4, 0.5) is 0 Å². The Hall–Kier alpha value is -0.290. The number of halogens is 2. The number of fused-ring (bicyclic) bond motifs is 1. The van der Waals surface area contributed by atoms with Crippen molar-refractivity contribution in [2.75, 3.05) is 6.54 Å². The molecular weight excluding hydrogens is 329 g/mol. The van der Waals surface area contributed by atoms with E-state index in [2.05, 4.69) is 0 Å². The molecule has 1 aliphatic carbocycles. The molecule has 0 N–H and O–H groups in total. The van der Waals surface area contributed by atoms with Gasteiger partial charge in [-0.2, -0.15) is 4.31 Å². The highest BCUT2D eigenvalue weighted by Gasteiger charge is 2.42. The van der Waals surface area contributed by atoms with Gasteiger partial charge in [0.1, 0.15) is 4.90 Å². The number of sulfonamides is 1. The lowest BCUT2D eigenvalue weighted by atomic mass is 9.86. The zero-order valence-electron chi connectivity index (χ0n) is 11.8. The fraction of sp³-hybridized carbons (Fsp3) is 0.600. The van der Waals surface area contributed by atoms with Gasteiger partial charge in [-0.1, -0.05) is 30.5 Å².